The van der Waals surface area contributed by atoms with Gasteiger partial charge in [-0.05, 0) is 12.8 Å². The molecular weight excluding hydrogens is 114 g/mol. The van der Waals surface area contributed by atoms with E-state index < -0.39 is 0 Å². The van der Waals surface area contributed by atoms with Crippen molar-refractivity contribution in [2.75, 3.05) is 19.7 Å². The number of rotatable bonds is 3. The van der Waals surface area contributed by atoms with Crippen LogP contribution in [-0.4, -0.2) is 25.8 Å². The Morgan fingerprint density at radius 1 is 1.67 bits per heavy atom. The molecule has 0 amide bonds. The molecule has 1 fully saturated rings. The van der Waals surface area contributed by atoms with E-state index in [1.807, 2.05) is 0 Å². The second kappa shape index (κ2) is 3.85. The third kappa shape index (κ3) is 2.33. The van der Waals surface area contributed by atoms with E-state index in [0.29, 0.717) is 6.10 Å². The van der Waals surface area contributed by atoms with Gasteiger partial charge < -0.3 is 4.74 Å². The summed E-state index contributed by atoms with van der Waals surface area (Å²) in [5.74, 6) is 0. The van der Waals surface area contributed by atoms with E-state index in [-0.39, 0.29) is 0 Å². The Kier molecular flexibility index (Phi) is 3.01. The molecule has 2 nitrogen and oxygen atoms in total. The van der Waals surface area contributed by atoms with Gasteiger partial charge >= 0.3 is 0 Å². The molecule has 1 rings (SSSR count). The Labute approximate surface area is 56.6 Å². The summed E-state index contributed by atoms with van der Waals surface area (Å²) < 4.78 is 5.36. The van der Waals surface area contributed by atoms with E-state index in [1.54, 1.807) is 0 Å². The minimum Gasteiger partial charge on any atom is -0.377 e. The minimum absolute atomic E-state index is 0.449. The zero-order valence-corrected chi connectivity index (χ0v) is 5.97. The van der Waals surface area contributed by atoms with E-state index in [9.17, 15) is 0 Å². The first-order chi connectivity index (χ1) is 4.43. The predicted molar refractivity (Wildman–Crippen MR) is 36.5 cm³/mol. The van der Waals surface area contributed by atoms with Gasteiger partial charge in [0.15, 0.2) is 0 Å². The lowest BCUT2D eigenvalue weighted by molar-refractivity contribution is 0.110. The predicted octanol–water partition coefficient (Wildman–Crippen LogP) is 0.790. The lowest BCUT2D eigenvalue weighted by Gasteiger charge is -2.06. The third-order valence-electron chi connectivity index (χ3n) is 1.58. The van der Waals surface area contributed by atoms with Crippen molar-refractivity contribution in [3.05, 3.63) is 0 Å². The summed E-state index contributed by atoms with van der Waals surface area (Å²) >= 11 is 0. The van der Waals surface area contributed by atoms with Crippen molar-refractivity contribution >= 4 is 0 Å². The van der Waals surface area contributed by atoms with Crippen LogP contribution in [0.3, 0.4) is 0 Å². The molecule has 1 atom stereocenters. The summed E-state index contributed by atoms with van der Waals surface area (Å²) in [6, 6.07) is 0. The smallest absolute Gasteiger partial charge is 0.0716 e. The molecule has 1 heterocycles. The molecule has 1 aliphatic heterocycles. The van der Waals surface area contributed by atoms with Gasteiger partial charge in [-0.15, -0.1) is 0 Å². The Morgan fingerprint density at radius 3 is 3.11 bits per heavy atom. The van der Waals surface area contributed by atoms with Gasteiger partial charge in [0, 0.05) is 19.7 Å². The standard InChI is InChI=1S/C7H14NO/c1-2-8-6-7-4-3-5-9-7/h7H,2-6H2,1H3. The largest absolute Gasteiger partial charge is 0.377 e. The first-order valence-electron chi connectivity index (χ1n) is 3.68. The highest BCUT2D eigenvalue weighted by Gasteiger charge is 2.14. The van der Waals surface area contributed by atoms with Crippen LogP contribution in [0.15, 0.2) is 0 Å². The Bertz CT molecular complexity index is 69.3. The molecule has 0 aromatic heterocycles. The monoisotopic (exact) mass is 128 g/mol. The van der Waals surface area contributed by atoms with E-state index >= 15 is 0 Å². The molecule has 0 spiro atoms. The quantitative estimate of drug-likeness (QED) is 0.551. The molecule has 0 saturated carbocycles. The molecule has 0 N–H and O–H groups in total. The van der Waals surface area contributed by atoms with Crippen molar-refractivity contribution in [3.63, 3.8) is 0 Å². The van der Waals surface area contributed by atoms with Crippen molar-refractivity contribution < 1.29 is 4.74 Å². The molecule has 1 saturated heterocycles. The average molecular weight is 128 g/mol. The zero-order chi connectivity index (χ0) is 6.53. The fourth-order valence-corrected chi connectivity index (χ4v) is 1.06. The first-order valence-corrected chi connectivity index (χ1v) is 3.68. The van der Waals surface area contributed by atoms with Crippen molar-refractivity contribution in [2.45, 2.75) is 25.9 Å². The first kappa shape index (κ1) is 7.03. The Hall–Kier alpha value is -0.0800. The molecule has 1 unspecified atom stereocenters. The molecule has 1 aliphatic rings. The number of hydrogen-bond donors (Lipinski definition) is 0. The molecule has 9 heavy (non-hydrogen) atoms. The van der Waals surface area contributed by atoms with E-state index in [2.05, 4.69) is 12.2 Å². The van der Waals surface area contributed by atoms with Crippen molar-refractivity contribution in [1.82, 2.24) is 5.32 Å². The topological polar surface area (TPSA) is 23.3 Å². The van der Waals surface area contributed by atoms with Gasteiger partial charge in [0.25, 0.3) is 0 Å². The van der Waals surface area contributed by atoms with Gasteiger partial charge in [-0.1, -0.05) is 6.92 Å². The van der Waals surface area contributed by atoms with Crippen LogP contribution < -0.4 is 5.32 Å². The number of ether oxygens (including phenoxy) is 1. The minimum atomic E-state index is 0.449. The van der Waals surface area contributed by atoms with Crippen LogP contribution >= 0.6 is 0 Å². The normalized spacial score (nSPS) is 27.0. The summed E-state index contributed by atoms with van der Waals surface area (Å²) in [6.07, 6.45) is 2.89. The maximum absolute atomic E-state index is 5.36. The summed E-state index contributed by atoms with van der Waals surface area (Å²) in [7, 11) is 0. The zero-order valence-electron chi connectivity index (χ0n) is 5.97. The number of hydrogen-bond acceptors (Lipinski definition) is 1. The van der Waals surface area contributed by atoms with Gasteiger partial charge in [0.1, 0.15) is 0 Å². The summed E-state index contributed by atoms with van der Waals surface area (Å²) in [6.45, 7) is 4.86. The van der Waals surface area contributed by atoms with Crippen LogP contribution in [0.5, 0.6) is 0 Å². The lowest BCUT2D eigenvalue weighted by atomic mass is 10.2. The number of likely N-dealkylation sites (N-methyl/N-ethyl adjacent to an activating group) is 1. The highest BCUT2D eigenvalue weighted by Crippen LogP contribution is 2.10. The SMILES string of the molecule is CC[N]CC1CCCO1. The van der Waals surface area contributed by atoms with Crippen molar-refractivity contribution in [1.29, 1.82) is 0 Å². The van der Waals surface area contributed by atoms with Crippen LogP contribution in [0, 0.1) is 0 Å². The fraction of sp³-hybridized carbons (Fsp3) is 1.00. The van der Waals surface area contributed by atoms with Crippen LogP contribution in [-0.2, 0) is 4.74 Å². The van der Waals surface area contributed by atoms with Crippen molar-refractivity contribution in [2.24, 2.45) is 0 Å². The van der Waals surface area contributed by atoms with Gasteiger partial charge in [0.05, 0.1) is 6.10 Å². The summed E-state index contributed by atoms with van der Waals surface area (Å²) in [4.78, 5) is 0. The van der Waals surface area contributed by atoms with Gasteiger partial charge in [-0.25, -0.2) is 5.32 Å². The molecule has 0 aromatic rings. The van der Waals surface area contributed by atoms with Crippen LogP contribution in [0.4, 0.5) is 0 Å². The lowest BCUT2D eigenvalue weighted by Crippen LogP contribution is -2.20. The fourth-order valence-electron chi connectivity index (χ4n) is 1.06. The highest BCUT2D eigenvalue weighted by atomic mass is 16.5. The van der Waals surface area contributed by atoms with Crippen LogP contribution in [0.2, 0.25) is 0 Å². The van der Waals surface area contributed by atoms with Gasteiger partial charge in [-0.3, -0.25) is 0 Å². The molecule has 2 heteroatoms. The van der Waals surface area contributed by atoms with E-state index in [0.717, 1.165) is 19.7 Å². The summed E-state index contributed by atoms with van der Waals surface area (Å²) in [5, 5.41) is 4.23. The highest BCUT2D eigenvalue weighted by molar-refractivity contribution is 4.66. The second-order valence-electron chi connectivity index (χ2n) is 2.36. The van der Waals surface area contributed by atoms with Crippen LogP contribution in [0.25, 0.3) is 0 Å². The van der Waals surface area contributed by atoms with Crippen molar-refractivity contribution in [3.8, 4) is 0 Å². The van der Waals surface area contributed by atoms with E-state index in [1.165, 1.54) is 12.8 Å². The average Bonchev–Trinajstić information content (AvgIpc) is 2.34. The molecule has 0 aliphatic carbocycles. The second-order valence-corrected chi connectivity index (χ2v) is 2.36. The Balaban J connectivity index is 1.98. The third-order valence-corrected chi connectivity index (χ3v) is 1.58. The molecule has 53 valence electrons. The number of nitrogens with zero attached hydrogens (tertiary/aromatic N) is 1. The maximum atomic E-state index is 5.36. The van der Waals surface area contributed by atoms with Crippen LogP contribution in [0.1, 0.15) is 19.8 Å². The molecular formula is C7H14NO. The molecule has 0 bridgehead atoms. The maximum Gasteiger partial charge on any atom is 0.0716 e. The molecule has 1 radical (unpaired) electrons. The van der Waals surface area contributed by atoms with Gasteiger partial charge in [-0.2, -0.15) is 0 Å². The molecule has 0 aromatic carbocycles. The Morgan fingerprint density at radius 2 is 2.56 bits per heavy atom. The summed E-state index contributed by atoms with van der Waals surface area (Å²) in [5.41, 5.74) is 0. The van der Waals surface area contributed by atoms with Gasteiger partial charge in [0.2, 0.25) is 0 Å². The van der Waals surface area contributed by atoms with E-state index in [4.69, 9.17) is 4.74 Å².